The van der Waals surface area contributed by atoms with Crippen LogP contribution in [0.4, 0.5) is 0 Å². The molecule has 30 valence electrons. The minimum atomic E-state index is 0. The molecule has 0 radical (unpaired) electrons. The molecule has 0 aromatic rings. The van der Waals surface area contributed by atoms with Crippen molar-refractivity contribution >= 4 is 25.0 Å². The van der Waals surface area contributed by atoms with Crippen molar-refractivity contribution in [2.24, 2.45) is 0 Å². The molecule has 0 rings (SSSR count). The molecule has 0 bridgehead atoms. The minimum Gasteiger partial charge on any atom is -0.295 e. The van der Waals surface area contributed by atoms with Gasteiger partial charge in [-0.1, -0.05) is 0 Å². The number of hydrogen-bond acceptors (Lipinski definition) is 2. The Morgan fingerprint density at radius 3 is 1.20 bits per heavy atom. The molecule has 0 atom stereocenters. The summed E-state index contributed by atoms with van der Waals surface area (Å²) in [5.74, 6) is 0. The number of halogens is 1. The van der Waals surface area contributed by atoms with E-state index >= 15 is 0 Å². The lowest BCUT2D eigenvalue weighted by atomic mass is 10.9. The number of carbonyl (C=O) groups excluding carboxylic acids is 2. The van der Waals surface area contributed by atoms with Gasteiger partial charge in [0.15, 0.2) is 12.6 Å². The van der Waals surface area contributed by atoms with E-state index in [2.05, 4.69) is 0 Å². The second kappa shape index (κ2) is 9.45. The predicted octanol–water partition coefficient (Wildman–Crippen LogP) is -0.194. The first-order valence-electron chi connectivity index (χ1n) is 0.805. The van der Waals surface area contributed by atoms with E-state index in [0.29, 0.717) is 0 Å². The van der Waals surface area contributed by atoms with Gasteiger partial charge in [0, 0.05) is 0 Å². The smallest absolute Gasteiger partial charge is 0.182 e. The Bertz CT molecular complexity index is 28.6. The summed E-state index contributed by atoms with van der Waals surface area (Å²) in [5, 5.41) is 0. The molecule has 0 aromatic carbocycles. The van der Waals surface area contributed by atoms with Crippen LogP contribution in [0.5, 0.6) is 0 Å². The molecular formula is C2H3ClO2. The Morgan fingerprint density at radius 1 is 1.00 bits per heavy atom. The van der Waals surface area contributed by atoms with Gasteiger partial charge in [0.25, 0.3) is 0 Å². The highest BCUT2D eigenvalue weighted by Gasteiger charge is 1.47. The van der Waals surface area contributed by atoms with Crippen molar-refractivity contribution in [2.45, 2.75) is 0 Å². The Labute approximate surface area is 35.6 Å². The fourth-order valence-corrected chi connectivity index (χ4v) is 0. The Balaban J connectivity index is 0. The molecule has 0 fully saturated rings. The average molecular weight is 94.5 g/mol. The van der Waals surface area contributed by atoms with Crippen LogP contribution in [0.25, 0.3) is 0 Å². The second-order valence-corrected chi connectivity index (χ2v) is 0.272. The molecule has 0 saturated heterocycles. The number of hydrogen-bond donors (Lipinski definition) is 0. The monoisotopic (exact) mass is 94.0 g/mol. The van der Waals surface area contributed by atoms with Gasteiger partial charge in [-0.15, -0.1) is 12.4 Å². The molecule has 0 N–H and O–H groups in total. The second-order valence-electron chi connectivity index (χ2n) is 0.272. The first-order chi connectivity index (χ1) is 1.91. The van der Waals surface area contributed by atoms with Crippen molar-refractivity contribution in [1.29, 1.82) is 0 Å². The number of aldehydes is 2. The molecule has 5 heavy (non-hydrogen) atoms. The highest BCUT2D eigenvalue weighted by atomic mass is 35.5. The van der Waals surface area contributed by atoms with Crippen LogP contribution in [-0.2, 0) is 9.59 Å². The van der Waals surface area contributed by atoms with E-state index in [1.807, 2.05) is 0 Å². The van der Waals surface area contributed by atoms with Crippen molar-refractivity contribution in [3.63, 3.8) is 0 Å². The molecule has 0 unspecified atom stereocenters. The average Bonchev–Trinajstić information content (AvgIpc) is 1.37. The van der Waals surface area contributed by atoms with E-state index < -0.39 is 0 Å². The minimum absolute atomic E-state index is 0. The lowest BCUT2D eigenvalue weighted by molar-refractivity contribution is -0.122. The first kappa shape index (κ1) is 8.82. The van der Waals surface area contributed by atoms with Gasteiger partial charge in [0.2, 0.25) is 0 Å². The first-order valence-corrected chi connectivity index (χ1v) is 0.805. The van der Waals surface area contributed by atoms with Gasteiger partial charge in [0.1, 0.15) is 0 Å². The Hall–Kier alpha value is -0.370. The van der Waals surface area contributed by atoms with E-state index in [-0.39, 0.29) is 25.0 Å². The molecule has 0 aliphatic heterocycles. The maximum Gasteiger partial charge on any atom is 0.182 e. The third-order valence-corrected chi connectivity index (χ3v) is 0.0556. The third-order valence-electron chi connectivity index (χ3n) is 0.0556. The van der Waals surface area contributed by atoms with Crippen molar-refractivity contribution in [3.8, 4) is 0 Å². The van der Waals surface area contributed by atoms with Crippen LogP contribution in [-0.4, -0.2) is 12.6 Å². The fourth-order valence-electron chi connectivity index (χ4n) is 0. The van der Waals surface area contributed by atoms with E-state index in [1.165, 1.54) is 0 Å². The van der Waals surface area contributed by atoms with E-state index in [1.54, 1.807) is 0 Å². The summed E-state index contributed by atoms with van der Waals surface area (Å²) >= 11 is 0. The summed E-state index contributed by atoms with van der Waals surface area (Å²) in [6, 6.07) is 0. The molecule has 0 aromatic heterocycles. The predicted molar refractivity (Wildman–Crippen MR) is 19.4 cm³/mol. The quantitative estimate of drug-likeness (QED) is 0.333. The van der Waals surface area contributed by atoms with Gasteiger partial charge in [-0.2, -0.15) is 0 Å². The van der Waals surface area contributed by atoms with E-state index in [9.17, 15) is 0 Å². The van der Waals surface area contributed by atoms with Crippen molar-refractivity contribution in [3.05, 3.63) is 0 Å². The summed E-state index contributed by atoms with van der Waals surface area (Å²) in [6.07, 6.45) is 0.389. The van der Waals surface area contributed by atoms with Crippen molar-refractivity contribution in [1.82, 2.24) is 0 Å². The lowest BCUT2D eigenvalue weighted by Gasteiger charge is -1.31. The molecule has 0 amide bonds. The van der Waals surface area contributed by atoms with E-state index in [0.717, 1.165) is 0 Å². The molecule has 2 nitrogen and oxygen atoms in total. The van der Waals surface area contributed by atoms with Crippen LogP contribution in [0.2, 0.25) is 0 Å². The zero-order valence-corrected chi connectivity index (χ0v) is 3.20. The van der Waals surface area contributed by atoms with Crippen LogP contribution in [0.15, 0.2) is 0 Å². The number of rotatable bonds is 1. The zero-order valence-electron chi connectivity index (χ0n) is 2.38. The van der Waals surface area contributed by atoms with Gasteiger partial charge in [0.05, 0.1) is 0 Å². The van der Waals surface area contributed by atoms with Gasteiger partial charge in [-0.05, 0) is 0 Å². The summed E-state index contributed by atoms with van der Waals surface area (Å²) in [7, 11) is 0. The van der Waals surface area contributed by atoms with Crippen LogP contribution in [0.3, 0.4) is 0 Å². The van der Waals surface area contributed by atoms with Gasteiger partial charge in [-0.3, -0.25) is 9.59 Å². The molecule has 0 heterocycles. The number of carbonyl (C=O) groups is 2. The molecule has 0 saturated carbocycles. The Morgan fingerprint density at radius 2 is 1.20 bits per heavy atom. The molecule has 0 aliphatic rings. The SMILES string of the molecule is Cl.O=CC=O. The highest BCUT2D eigenvalue weighted by Crippen LogP contribution is 1.12. The normalized spacial score (nSPS) is 4.00. The maximum atomic E-state index is 8.81. The zero-order chi connectivity index (χ0) is 3.41. The largest absolute Gasteiger partial charge is 0.295 e. The van der Waals surface area contributed by atoms with Crippen LogP contribution >= 0.6 is 12.4 Å². The summed E-state index contributed by atoms with van der Waals surface area (Å²) < 4.78 is 0. The van der Waals surface area contributed by atoms with Gasteiger partial charge in [-0.25, -0.2) is 0 Å². The van der Waals surface area contributed by atoms with E-state index in [4.69, 9.17) is 9.59 Å². The van der Waals surface area contributed by atoms with Gasteiger partial charge < -0.3 is 0 Å². The molecule has 0 aliphatic carbocycles. The molecule has 0 spiro atoms. The maximum absolute atomic E-state index is 8.81. The van der Waals surface area contributed by atoms with Crippen molar-refractivity contribution < 1.29 is 9.59 Å². The summed E-state index contributed by atoms with van der Waals surface area (Å²) in [4.78, 5) is 17.6. The van der Waals surface area contributed by atoms with Gasteiger partial charge >= 0.3 is 0 Å². The van der Waals surface area contributed by atoms with Crippen LogP contribution in [0.1, 0.15) is 0 Å². The lowest BCUT2D eigenvalue weighted by Crippen LogP contribution is -1.62. The fraction of sp³-hybridized carbons (Fsp3) is 0. The van der Waals surface area contributed by atoms with Crippen LogP contribution in [0, 0.1) is 0 Å². The highest BCUT2D eigenvalue weighted by molar-refractivity contribution is 6.09. The third kappa shape index (κ3) is 24.3. The molecule has 3 heteroatoms. The van der Waals surface area contributed by atoms with Crippen LogP contribution < -0.4 is 0 Å². The Kier molecular flexibility index (Phi) is 16.7. The topological polar surface area (TPSA) is 34.1 Å². The summed E-state index contributed by atoms with van der Waals surface area (Å²) in [5.41, 5.74) is 0. The molecular weight excluding hydrogens is 91.5 g/mol. The standard InChI is InChI=1S/C2H2O2.ClH/c3-1-2-4;/h1-2H;1H. The van der Waals surface area contributed by atoms with Crippen molar-refractivity contribution in [2.75, 3.05) is 0 Å². The summed E-state index contributed by atoms with van der Waals surface area (Å²) in [6.45, 7) is 0.